The van der Waals surface area contributed by atoms with Crippen molar-refractivity contribution in [1.29, 1.82) is 0 Å². The van der Waals surface area contributed by atoms with Gasteiger partial charge in [-0.2, -0.15) is 9.59 Å². The molecule has 0 aromatic carbocycles. The molecule has 36 heavy (non-hydrogen) atoms. The van der Waals surface area contributed by atoms with E-state index in [4.69, 9.17) is 4.74 Å². The maximum atomic E-state index is 14.9. The Kier molecular flexibility index (Phi) is 8.14. The molecule has 2 spiro atoms. The Morgan fingerprint density at radius 1 is 0.694 bits per heavy atom. The highest BCUT2D eigenvalue weighted by molar-refractivity contribution is 5.93. The van der Waals surface area contributed by atoms with E-state index in [1.54, 1.807) is 22.8 Å². The average Bonchev–Trinajstić information content (AvgIpc) is 3.32. The van der Waals surface area contributed by atoms with Crippen molar-refractivity contribution >= 4 is 36.4 Å². The van der Waals surface area contributed by atoms with Gasteiger partial charge in [0.05, 0.1) is 0 Å². The van der Waals surface area contributed by atoms with Crippen molar-refractivity contribution in [1.82, 2.24) is 0 Å². The minimum atomic E-state index is -0.960. The second kappa shape index (κ2) is 11.3. The number of amidine groups is 1. The molecule has 5 unspecified atom stereocenters. The van der Waals surface area contributed by atoms with E-state index in [0.717, 1.165) is 38.5 Å². The van der Waals surface area contributed by atoms with Crippen LogP contribution in [-0.2, 0) is 19.1 Å². The Morgan fingerprint density at radius 2 is 1.25 bits per heavy atom. The third kappa shape index (κ3) is 4.32. The van der Waals surface area contributed by atoms with E-state index in [1.807, 2.05) is 0 Å². The van der Waals surface area contributed by atoms with E-state index < -0.39 is 39.6 Å². The number of carbonyl (C=O) groups is 2. The summed E-state index contributed by atoms with van der Waals surface area (Å²) in [4.78, 5) is 75.0. The van der Waals surface area contributed by atoms with Crippen LogP contribution in [0.25, 0.3) is 0 Å². The van der Waals surface area contributed by atoms with Crippen molar-refractivity contribution in [3.8, 4) is 0 Å². The van der Waals surface area contributed by atoms with Gasteiger partial charge in [-0.1, -0.05) is 8.97 Å². The van der Waals surface area contributed by atoms with Gasteiger partial charge in [0, 0.05) is 25.7 Å². The van der Waals surface area contributed by atoms with Gasteiger partial charge in [-0.25, -0.2) is 14.4 Å². The number of hydrogen-bond donors (Lipinski definition) is 0. The third-order valence-electron chi connectivity index (χ3n) is 8.06. The van der Waals surface area contributed by atoms with Crippen LogP contribution in [0.4, 0.5) is 9.59 Å². The van der Waals surface area contributed by atoms with Crippen LogP contribution in [-0.4, -0.2) is 88.1 Å². The summed E-state index contributed by atoms with van der Waals surface area (Å²) in [5.74, 6) is 0. The second-order valence-electron chi connectivity index (χ2n) is 9.96. The smallest absolute Gasteiger partial charge is 0.276 e. The van der Waals surface area contributed by atoms with E-state index in [-0.39, 0.29) is 19.1 Å². The lowest BCUT2D eigenvalue weighted by Crippen LogP contribution is -2.81. The number of hydrogen-bond acceptors (Lipinski definition) is 9. The molecular weight excluding hydrogens is 468 g/mol. The number of quaternary nitrogens is 2. The summed E-state index contributed by atoms with van der Waals surface area (Å²) in [7, 11) is 0. The summed E-state index contributed by atoms with van der Waals surface area (Å²) in [5.41, 5.74) is 0. The number of aliphatic imine (C=N–C) groups is 3. The first-order valence-corrected chi connectivity index (χ1v) is 12.9. The number of isocyanates is 3. The first kappa shape index (κ1) is 25.9. The molecule has 0 aliphatic carbocycles. The van der Waals surface area contributed by atoms with Crippen LogP contribution >= 0.6 is 0 Å². The standard InChI is InChI=1S/C24H33N6O6/c31-16-25-19-10-4-1-7-13-28(19)22-29(14-8-2-5-11-20(29)26-17-32)23(34)30(24(35)36-22)15-9-3-6-12-21(30)27-18-33/h19-21H,1-15H2/q+3. The molecule has 4 aliphatic heterocycles. The zero-order chi connectivity index (χ0) is 25.6. The highest BCUT2D eigenvalue weighted by atomic mass is 16.6. The molecule has 0 aromatic rings. The average molecular weight is 502 g/mol. The van der Waals surface area contributed by atoms with Gasteiger partial charge in [0.15, 0.2) is 6.54 Å². The molecule has 192 valence electrons. The summed E-state index contributed by atoms with van der Waals surface area (Å²) in [6, 6.07) is -0.445. The lowest BCUT2D eigenvalue weighted by Gasteiger charge is -2.43. The van der Waals surface area contributed by atoms with Gasteiger partial charge >= 0.3 is 18.1 Å². The first-order valence-electron chi connectivity index (χ1n) is 12.9. The lowest BCUT2D eigenvalue weighted by molar-refractivity contribution is -0.947. The molecule has 12 heteroatoms. The maximum Gasteiger partial charge on any atom is 0.574 e. The van der Waals surface area contributed by atoms with Crippen molar-refractivity contribution in [3.05, 3.63) is 0 Å². The molecular formula is C24H33N6O6+3. The molecule has 0 radical (unpaired) electrons. The van der Waals surface area contributed by atoms with Gasteiger partial charge in [0.25, 0.3) is 6.17 Å². The molecule has 3 amide bonds. The van der Waals surface area contributed by atoms with Crippen molar-refractivity contribution in [3.63, 3.8) is 0 Å². The van der Waals surface area contributed by atoms with Gasteiger partial charge in [-0.15, -0.1) is 19.6 Å². The fourth-order valence-corrected chi connectivity index (χ4v) is 6.31. The molecule has 4 heterocycles. The summed E-state index contributed by atoms with van der Waals surface area (Å²) in [5, 5.41) is 0. The molecule has 4 saturated heterocycles. The number of amides is 3. The molecule has 0 saturated carbocycles. The third-order valence-corrected chi connectivity index (χ3v) is 8.06. The normalized spacial score (nSPS) is 37.4. The Balaban J connectivity index is 2.02. The van der Waals surface area contributed by atoms with Crippen LogP contribution in [0.1, 0.15) is 77.0 Å². The summed E-state index contributed by atoms with van der Waals surface area (Å²) >= 11 is 0. The highest BCUT2D eigenvalue weighted by Gasteiger charge is 2.76. The zero-order valence-electron chi connectivity index (χ0n) is 20.5. The Bertz CT molecular complexity index is 1070. The number of carbonyl (C=O) groups excluding carboxylic acids is 5. The first-order chi connectivity index (χ1) is 17.6. The number of nitrogens with zero attached hydrogens (tertiary/aromatic N) is 6. The topological polar surface area (TPSA) is 135 Å². The van der Waals surface area contributed by atoms with Gasteiger partial charge in [-0.05, 0) is 51.4 Å². The largest absolute Gasteiger partial charge is 0.574 e. The van der Waals surface area contributed by atoms with Gasteiger partial charge < -0.3 is 0 Å². The molecule has 4 rings (SSSR count). The quantitative estimate of drug-likeness (QED) is 0.253. The number of ether oxygens (including phenoxy) is 1. The zero-order valence-corrected chi connectivity index (χ0v) is 20.5. The predicted octanol–water partition coefficient (Wildman–Crippen LogP) is 2.97. The van der Waals surface area contributed by atoms with E-state index >= 15 is 0 Å². The molecule has 12 nitrogen and oxygen atoms in total. The SMILES string of the molecule is O=C=NC1CCCCC[N+]1=C1OC(=O)[N+]2(CCCCCC2N=C=O)C(=O)[N+]12CCCCCC2N=C=O. The number of rotatable bonds is 3. The fraction of sp³-hybridized carbons (Fsp3) is 0.750. The van der Waals surface area contributed by atoms with Crippen LogP contribution in [0.2, 0.25) is 0 Å². The number of imide groups is 1. The number of urea groups is 1. The van der Waals surface area contributed by atoms with E-state index in [1.165, 1.54) is 0 Å². The minimum absolute atomic E-state index is 0.0589. The van der Waals surface area contributed by atoms with E-state index in [2.05, 4.69) is 15.0 Å². The Labute approximate surface area is 209 Å². The summed E-state index contributed by atoms with van der Waals surface area (Å²) in [6.45, 7) is 0.802. The molecule has 4 fully saturated rings. The van der Waals surface area contributed by atoms with E-state index in [9.17, 15) is 24.0 Å². The van der Waals surface area contributed by atoms with Crippen LogP contribution in [0.15, 0.2) is 15.0 Å². The van der Waals surface area contributed by atoms with Gasteiger partial charge in [0.2, 0.25) is 30.6 Å². The van der Waals surface area contributed by atoms with Gasteiger partial charge in [-0.3, -0.25) is 4.74 Å². The highest BCUT2D eigenvalue weighted by Crippen LogP contribution is 2.41. The van der Waals surface area contributed by atoms with Crippen molar-refractivity contribution in [2.75, 3.05) is 19.6 Å². The molecule has 0 aromatic heterocycles. The lowest BCUT2D eigenvalue weighted by atomic mass is 10.1. The number of cyclic esters (lactones) is 1. The van der Waals surface area contributed by atoms with Crippen LogP contribution in [0.3, 0.4) is 0 Å². The van der Waals surface area contributed by atoms with Crippen molar-refractivity contribution in [2.24, 2.45) is 15.0 Å². The Morgan fingerprint density at radius 3 is 1.89 bits per heavy atom. The van der Waals surface area contributed by atoms with Crippen molar-refractivity contribution < 1.29 is 42.3 Å². The maximum absolute atomic E-state index is 14.9. The summed E-state index contributed by atoms with van der Waals surface area (Å²) < 4.78 is 6.60. The summed E-state index contributed by atoms with van der Waals surface area (Å²) in [6.07, 6.45) is 9.53. The van der Waals surface area contributed by atoms with Crippen LogP contribution in [0.5, 0.6) is 0 Å². The van der Waals surface area contributed by atoms with E-state index in [0.29, 0.717) is 45.1 Å². The van der Waals surface area contributed by atoms with Gasteiger partial charge in [0.1, 0.15) is 13.1 Å². The van der Waals surface area contributed by atoms with Crippen LogP contribution in [0, 0.1) is 0 Å². The molecule has 5 atom stereocenters. The molecule has 0 N–H and O–H groups in total. The minimum Gasteiger partial charge on any atom is -0.276 e. The molecule has 4 aliphatic rings. The Hall–Kier alpha value is -3.13. The fourth-order valence-electron chi connectivity index (χ4n) is 6.31. The predicted molar refractivity (Wildman–Crippen MR) is 123 cm³/mol. The monoisotopic (exact) mass is 501 g/mol. The van der Waals surface area contributed by atoms with Crippen molar-refractivity contribution in [2.45, 2.75) is 95.5 Å². The van der Waals surface area contributed by atoms with Crippen LogP contribution < -0.4 is 0 Å². The second-order valence-corrected chi connectivity index (χ2v) is 9.96. The molecule has 0 bridgehead atoms.